The summed E-state index contributed by atoms with van der Waals surface area (Å²) >= 11 is 0. The van der Waals surface area contributed by atoms with E-state index < -0.39 is 0 Å². The van der Waals surface area contributed by atoms with Crippen LogP contribution in [0.2, 0.25) is 0 Å². The van der Waals surface area contributed by atoms with Gasteiger partial charge in [-0.2, -0.15) is 0 Å². The lowest BCUT2D eigenvalue weighted by Gasteiger charge is -2.28. The van der Waals surface area contributed by atoms with Crippen LogP contribution in [0.25, 0.3) is 0 Å². The summed E-state index contributed by atoms with van der Waals surface area (Å²) < 4.78 is 5.37. The van der Waals surface area contributed by atoms with Crippen molar-refractivity contribution in [2.24, 2.45) is 0 Å². The van der Waals surface area contributed by atoms with E-state index in [1.54, 1.807) is 0 Å². The fourth-order valence-electron chi connectivity index (χ4n) is 2.21. The van der Waals surface area contributed by atoms with Crippen LogP contribution in [0.1, 0.15) is 31.0 Å². The highest BCUT2D eigenvalue weighted by molar-refractivity contribution is 4.78. The second-order valence-electron chi connectivity index (χ2n) is 4.85. The minimum atomic E-state index is 0.643. The fraction of sp³-hybridized carbons (Fsp3) is 0.833. The summed E-state index contributed by atoms with van der Waals surface area (Å²) in [5, 5.41) is 7.84. The van der Waals surface area contributed by atoms with Crippen LogP contribution in [-0.2, 0) is 6.54 Å². The molecule has 2 heterocycles. The van der Waals surface area contributed by atoms with Gasteiger partial charge < -0.3 is 9.32 Å². The van der Waals surface area contributed by atoms with E-state index in [-0.39, 0.29) is 0 Å². The van der Waals surface area contributed by atoms with E-state index in [0.717, 1.165) is 19.6 Å². The summed E-state index contributed by atoms with van der Waals surface area (Å²) in [6.07, 6.45) is 4.10. The molecule has 0 bridgehead atoms. The van der Waals surface area contributed by atoms with Crippen molar-refractivity contribution in [1.82, 2.24) is 20.0 Å². The highest BCUT2D eigenvalue weighted by atomic mass is 16.4. The first-order chi connectivity index (χ1) is 8.24. The topological polar surface area (TPSA) is 45.4 Å². The molecule has 2 rings (SSSR count). The first-order valence-corrected chi connectivity index (χ1v) is 6.44. The third-order valence-electron chi connectivity index (χ3n) is 3.22. The molecule has 0 amide bonds. The summed E-state index contributed by atoms with van der Waals surface area (Å²) in [6, 6.07) is 0. The van der Waals surface area contributed by atoms with E-state index in [2.05, 4.69) is 27.0 Å². The summed E-state index contributed by atoms with van der Waals surface area (Å²) in [5.41, 5.74) is 0. The average Bonchev–Trinajstić information content (AvgIpc) is 2.73. The van der Waals surface area contributed by atoms with Gasteiger partial charge >= 0.3 is 0 Å². The smallest absolute Gasteiger partial charge is 0.230 e. The summed E-state index contributed by atoms with van der Waals surface area (Å²) in [6.45, 7) is 7.28. The van der Waals surface area contributed by atoms with Gasteiger partial charge in [-0.1, -0.05) is 6.42 Å². The standard InChI is InChI=1S/C12H22N4O/c1-11-13-14-12(17-11)10-15(2)8-9-16-6-4-3-5-7-16/h3-10H2,1-2H3. The SMILES string of the molecule is Cc1nnc(CN(C)CCN2CCCCC2)o1. The number of rotatable bonds is 5. The monoisotopic (exact) mass is 238 g/mol. The summed E-state index contributed by atoms with van der Waals surface area (Å²) in [5.74, 6) is 1.35. The van der Waals surface area contributed by atoms with E-state index in [1.807, 2.05) is 6.92 Å². The number of hydrogen-bond acceptors (Lipinski definition) is 5. The van der Waals surface area contributed by atoms with Crippen molar-refractivity contribution < 1.29 is 4.42 Å². The number of aryl methyl sites for hydroxylation is 1. The maximum Gasteiger partial charge on any atom is 0.230 e. The Morgan fingerprint density at radius 2 is 2.00 bits per heavy atom. The van der Waals surface area contributed by atoms with Gasteiger partial charge in [0.25, 0.3) is 0 Å². The highest BCUT2D eigenvalue weighted by Crippen LogP contribution is 2.08. The third-order valence-corrected chi connectivity index (χ3v) is 3.22. The molecule has 5 nitrogen and oxygen atoms in total. The predicted molar refractivity (Wildman–Crippen MR) is 65.7 cm³/mol. The molecular formula is C12H22N4O. The van der Waals surface area contributed by atoms with Crippen molar-refractivity contribution in [3.05, 3.63) is 11.8 Å². The molecule has 0 aliphatic carbocycles. The molecule has 0 unspecified atom stereocenters. The first-order valence-electron chi connectivity index (χ1n) is 6.44. The van der Waals surface area contributed by atoms with Crippen LogP contribution in [0.3, 0.4) is 0 Å². The minimum absolute atomic E-state index is 0.643. The van der Waals surface area contributed by atoms with Gasteiger partial charge in [-0.25, -0.2) is 0 Å². The van der Waals surface area contributed by atoms with Gasteiger partial charge in [0.2, 0.25) is 11.8 Å². The number of aromatic nitrogens is 2. The van der Waals surface area contributed by atoms with Crippen LogP contribution in [-0.4, -0.2) is 53.2 Å². The number of piperidine rings is 1. The molecule has 0 aromatic carbocycles. The van der Waals surface area contributed by atoms with Gasteiger partial charge in [-0.05, 0) is 33.0 Å². The molecule has 1 aromatic rings. The molecule has 1 fully saturated rings. The molecule has 0 N–H and O–H groups in total. The van der Waals surface area contributed by atoms with Crippen molar-refractivity contribution in [2.45, 2.75) is 32.7 Å². The maximum atomic E-state index is 5.37. The molecule has 5 heteroatoms. The molecule has 0 radical (unpaired) electrons. The number of hydrogen-bond donors (Lipinski definition) is 0. The third kappa shape index (κ3) is 4.09. The molecular weight excluding hydrogens is 216 g/mol. The lowest BCUT2D eigenvalue weighted by Crippen LogP contribution is -2.36. The summed E-state index contributed by atoms with van der Waals surface area (Å²) in [7, 11) is 2.10. The van der Waals surface area contributed by atoms with Gasteiger partial charge in [-0.15, -0.1) is 10.2 Å². The molecule has 1 saturated heterocycles. The second-order valence-corrected chi connectivity index (χ2v) is 4.85. The van der Waals surface area contributed by atoms with Gasteiger partial charge in [0.15, 0.2) is 0 Å². The van der Waals surface area contributed by atoms with E-state index in [4.69, 9.17) is 4.42 Å². The first kappa shape index (κ1) is 12.5. The fourth-order valence-corrected chi connectivity index (χ4v) is 2.21. The molecule has 17 heavy (non-hydrogen) atoms. The zero-order chi connectivity index (χ0) is 12.1. The van der Waals surface area contributed by atoms with Crippen LogP contribution < -0.4 is 0 Å². The lowest BCUT2D eigenvalue weighted by atomic mass is 10.1. The normalized spacial score (nSPS) is 17.8. The predicted octanol–water partition coefficient (Wildman–Crippen LogP) is 1.30. The van der Waals surface area contributed by atoms with Crippen LogP contribution in [0.5, 0.6) is 0 Å². The second kappa shape index (κ2) is 6.12. The van der Waals surface area contributed by atoms with Crippen molar-refractivity contribution in [2.75, 3.05) is 33.2 Å². The zero-order valence-corrected chi connectivity index (χ0v) is 10.9. The molecule has 96 valence electrons. The summed E-state index contributed by atoms with van der Waals surface area (Å²) in [4.78, 5) is 4.78. The average molecular weight is 238 g/mol. The molecule has 0 atom stereocenters. The van der Waals surface area contributed by atoms with Crippen LogP contribution in [0.15, 0.2) is 4.42 Å². The molecule has 0 spiro atoms. The van der Waals surface area contributed by atoms with Crippen molar-refractivity contribution in [3.8, 4) is 0 Å². The Balaban J connectivity index is 1.68. The van der Waals surface area contributed by atoms with E-state index in [9.17, 15) is 0 Å². The number of likely N-dealkylation sites (tertiary alicyclic amines) is 1. The van der Waals surface area contributed by atoms with Crippen LogP contribution in [0, 0.1) is 6.92 Å². The van der Waals surface area contributed by atoms with Gasteiger partial charge in [0, 0.05) is 20.0 Å². The maximum absolute atomic E-state index is 5.37. The van der Waals surface area contributed by atoms with Crippen LogP contribution >= 0.6 is 0 Å². The molecule has 1 aliphatic rings. The van der Waals surface area contributed by atoms with Crippen molar-refractivity contribution >= 4 is 0 Å². The molecule has 0 saturated carbocycles. The van der Waals surface area contributed by atoms with Gasteiger partial charge in [-0.3, -0.25) is 4.90 Å². The van der Waals surface area contributed by atoms with Crippen molar-refractivity contribution in [1.29, 1.82) is 0 Å². The minimum Gasteiger partial charge on any atom is -0.424 e. The Bertz CT molecular complexity index is 333. The largest absolute Gasteiger partial charge is 0.424 e. The van der Waals surface area contributed by atoms with E-state index in [0.29, 0.717) is 11.8 Å². The van der Waals surface area contributed by atoms with E-state index >= 15 is 0 Å². The van der Waals surface area contributed by atoms with Gasteiger partial charge in [0.05, 0.1) is 6.54 Å². The Morgan fingerprint density at radius 1 is 1.24 bits per heavy atom. The number of nitrogens with zero attached hydrogens (tertiary/aromatic N) is 4. The number of likely N-dealkylation sites (N-methyl/N-ethyl adjacent to an activating group) is 1. The van der Waals surface area contributed by atoms with Gasteiger partial charge in [0.1, 0.15) is 0 Å². The molecule has 1 aromatic heterocycles. The lowest BCUT2D eigenvalue weighted by molar-refractivity contribution is 0.187. The Labute approximate surface area is 103 Å². The Hall–Kier alpha value is -0.940. The van der Waals surface area contributed by atoms with Crippen molar-refractivity contribution in [3.63, 3.8) is 0 Å². The molecule has 1 aliphatic heterocycles. The zero-order valence-electron chi connectivity index (χ0n) is 10.9. The quantitative estimate of drug-likeness (QED) is 0.773. The Kier molecular flexibility index (Phi) is 4.50. The highest BCUT2D eigenvalue weighted by Gasteiger charge is 2.11. The Morgan fingerprint density at radius 3 is 2.65 bits per heavy atom. The van der Waals surface area contributed by atoms with Crippen LogP contribution in [0.4, 0.5) is 0 Å². The van der Waals surface area contributed by atoms with E-state index in [1.165, 1.54) is 32.4 Å².